The second-order valence-electron chi connectivity index (χ2n) is 13.4. The molecule has 0 aliphatic carbocycles. The van der Waals surface area contributed by atoms with Crippen molar-refractivity contribution < 1.29 is 0 Å². The summed E-state index contributed by atoms with van der Waals surface area (Å²) in [6.45, 7) is 0. The summed E-state index contributed by atoms with van der Waals surface area (Å²) in [4.78, 5) is 2.39. The summed E-state index contributed by atoms with van der Waals surface area (Å²) >= 11 is 0. The second-order valence-corrected chi connectivity index (χ2v) is 13.4. The van der Waals surface area contributed by atoms with Gasteiger partial charge < -0.3 is 9.30 Å². The lowest BCUT2D eigenvalue weighted by molar-refractivity contribution is 1.26. The Morgan fingerprint density at radius 1 is 0.346 bits per heavy atom. The Bertz CT molecular complexity index is 2880. The predicted octanol–water partition coefficient (Wildman–Crippen LogP) is 13.9. The molecule has 0 fully saturated rings. The van der Waals surface area contributed by atoms with E-state index in [0.717, 1.165) is 17.1 Å². The number of nitrogens with zero attached hydrogens (tertiary/aromatic N) is 2. The normalized spacial score (nSPS) is 11.5. The molecule has 10 rings (SSSR count). The van der Waals surface area contributed by atoms with Gasteiger partial charge in [-0.25, -0.2) is 0 Å². The van der Waals surface area contributed by atoms with Crippen LogP contribution >= 0.6 is 0 Å². The summed E-state index contributed by atoms with van der Waals surface area (Å²) in [6.07, 6.45) is 2.18. The first kappa shape index (κ1) is 30.0. The monoisotopic (exact) mass is 662 g/mol. The molecule has 0 unspecified atom stereocenters. The van der Waals surface area contributed by atoms with Crippen LogP contribution in [0.25, 0.3) is 71.3 Å². The van der Waals surface area contributed by atoms with Gasteiger partial charge in [0.2, 0.25) is 0 Å². The van der Waals surface area contributed by atoms with Gasteiger partial charge in [-0.2, -0.15) is 0 Å². The van der Waals surface area contributed by atoms with Crippen molar-refractivity contribution in [2.24, 2.45) is 0 Å². The molecular weight excluding hydrogens is 629 g/mol. The predicted molar refractivity (Wildman–Crippen MR) is 221 cm³/mol. The van der Waals surface area contributed by atoms with Gasteiger partial charge in [-0.3, -0.25) is 0 Å². The Kier molecular flexibility index (Phi) is 7.18. The molecule has 0 aliphatic rings. The smallest absolute Gasteiger partial charge is 0.0541 e. The van der Waals surface area contributed by atoms with Crippen LogP contribution in [-0.2, 0) is 0 Å². The fourth-order valence-electron chi connectivity index (χ4n) is 7.92. The van der Waals surface area contributed by atoms with E-state index in [4.69, 9.17) is 0 Å². The largest absolute Gasteiger partial charge is 0.316 e. The van der Waals surface area contributed by atoms with Crippen molar-refractivity contribution in [3.63, 3.8) is 0 Å². The van der Waals surface area contributed by atoms with Crippen LogP contribution < -0.4 is 4.90 Å². The molecule has 2 heterocycles. The van der Waals surface area contributed by atoms with E-state index in [-0.39, 0.29) is 0 Å². The lowest BCUT2D eigenvalue weighted by Crippen LogP contribution is -2.10. The van der Waals surface area contributed by atoms with Crippen molar-refractivity contribution in [3.8, 4) is 33.4 Å². The number of benzene rings is 8. The van der Waals surface area contributed by atoms with Crippen molar-refractivity contribution in [1.29, 1.82) is 0 Å². The van der Waals surface area contributed by atoms with Gasteiger partial charge in [-0.05, 0) is 98.6 Å². The molecule has 0 bridgehead atoms. The highest BCUT2D eigenvalue weighted by atomic mass is 15.1. The molecule has 244 valence electrons. The van der Waals surface area contributed by atoms with Gasteiger partial charge in [0, 0.05) is 33.9 Å². The standard InChI is InChI=1S/C50H34N2/c1-3-13-35(14-4-1)40-19-11-20-43(33-40)52(46-23-12-18-37-15-7-8-21-44(37)46)42-29-26-36(27-30-42)41-25-24-38-28-31-48-50(45(38)34-41)49(39-16-5-2-6-17-39)47-22-9-10-32-51(47)48/h1-34H. The zero-order valence-corrected chi connectivity index (χ0v) is 28.5. The van der Waals surface area contributed by atoms with E-state index >= 15 is 0 Å². The zero-order chi connectivity index (χ0) is 34.4. The fraction of sp³-hybridized carbons (Fsp3) is 0. The van der Waals surface area contributed by atoms with Crippen molar-refractivity contribution in [3.05, 3.63) is 206 Å². The number of anilines is 3. The third kappa shape index (κ3) is 5.04. The third-order valence-corrected chi connectivity index (χ3v) is 10.4. The Morgan fingerprint density at radius 2 is 0.962 bits per heavy atom. The highest BCUT2D eigenvalue weighted by Gasteiger charge is 2.18. The zero-order valence-electron chi connectivity index (χ0n) is 28.5. The van der Waals surface area contributed by atoms with Gasteiger partial charge in [0.1, 0.15) is 0 Å². The maximum Gasteiger partial charge on any atom is 0.0541 e. The summed E-state index contributed by atoms with van der Waals surface area (Å²) in [5.74, 6) is 0. The maximum atomic E-state index is 2.39. The number of hydrogen-bond acceptors (Lipinski definition) is 1. The van der Waals surface area contributed by atoms with Crippen LogP contribution in [0.5, 0.6) is 0 Å². The number of aromatic nitrogens is 1. The van der Waals surface area contributed by atoms with Crippen LogP contribution in [0.4, 0.5) is 17.1 Å². The summed E-state index contributed by atoms with van der Waals surface area (Å²) in [5, 5.41) is 6.22. The molecule has 0 N–H and O–H groups in total. The summed E-state index contributed by atoms with van der Waals surface area (Å²) in [7, 11) is 0. The van der Waals surface area contributed by atoms with E-state index in [0.29, 0.717) is 0 Å². The molecule has 52 heavy (non-hydrogen) atoms. The number of rotatable bonds is 6. The van der Waals surface area contributed by atoms with Crippen LogP contribution in [0.2, 0.25) is 0 Å². The SMILES string of the molecule is c1ccc(-c2cccc(N(c3ccc(-c4ccc5ccc6c(c(-c7ccccc7)c7ccccn76)c5c4)cc3)c3cccc4ccccc34)c2)cc1. The fourth-order valence-corrected chi connectivity index (χ4v) is 7.92. The first-order valence-corrected chi connectivity index (χ1v) is 17.8. The van der Waals surface area contributed by atoms with Crippen molar-refractivity contribution in [2.45, 2.75) is 0 Å². The van der Waals surface area contributed by atoms with Crippen LogP contribution in [0.15, 0.2) is 206 Å². The topological polar surface area (TPSA) is 7.65 Å². The number of fused-ring (bicyclic) bond motifs is 6. The highest BCUT2D eigenvalue weighted by molar-refractivity contribution is 6.19. The first-order valence-electron chi connectivity index (χ1n) is 17.8. The molecule has 2 aromatic heterocycles. The van der Waals surface area contributed by atoms with Gasteiger partial charge in [0.05, 0.1) is 16.7 Å². The van der Waals surface area contributed by atoms with E-state index in [2.05, 4.69) is 216 Å². The van der Waals surface area contributed by atoms with Crippen LogP contribution in [-0.4, -0.2) is 4.40 Å². The van der Waals surface area contributed by atoms with Gasteiger partial charge in [0.25, 0.3) is 0 Å². The van der Waals surface area contributed by atoms with E-state index < -0.39 is 0 Å². The van der Waals surface area contributed by atoms with Gasteiger partial charge >= 0.3 is 0 Å². The summed E-state index contributed by atoms with van der Waals surface area (Å²) in [6, 6.07) is 72.5. The molecule has 2 heteroatoms. The summed E-state index contributed by atoms with van der Waals surface area (Å²) in [5.41, 5.74) is 13.1. The average molecular weight is 663 g/mol. The van der Waals surface area contributed by atoms with Crippen LogP contribution in [0, 0.1) is 0 Å². The van der Waals surface area contributed by atoms with E-state index in [9.17, 15) is 0 Å². The van der Waals surface area contributed by atoms with Crippen molar-refractivity contribution in [2.75, 3.05) is 4.90 Å². The number of pyridine rings is 1. The Morgan fingerprint density at radius 3 is 1.81 bits per heavy atom. The van der Waals surface area contributed by atoms with Crippen molar-refractivity contribution >= 4 is 55.0 Å². The minimum absolute atomic E-state index is 1.11. The molecule has 0 atom stereocenters. The molecule has 0 saturated heterocycles. The van der Waals surface area contributed by atoms with E-state index in [1.165, 1.54) is 71.3 Å². The molecule has 0 saturated carbocycles. The third-order valence-electron chi connectivity index (χ3n) is 10.4. The molecule has 0 radical (unpaired) electrons. The Hall–Kier alpha value is -6.90. The quantitative estimate of drug-likeness (QED) is 0.172. The molecule has 2 nitrogen and oxygen atoms in total. The average Bonchev–Trinajstić information content (AvgIpc) is 3.57. The molecular formula is C50H34N2. The minimum Gasteiger partial charge on any atom is -0.316 e. The Balaban J connectivity index is 1.12. The second kappa shape index (κ2) is 12.5. The van der Waals surface area contributed by atoms with E-state index in [1.54, 1.807) is 0 Å². The highest BCUT2D eigenvalue weighted by Crippen LogP contribution is 2.43. The molecule has 10 aromatic rings. The van der Waals surface area contributed by atoms with Gasteiger partial charge in [-0.15, -0.1) is 0 Å². The Labute approximate surface area is 303 Å². The lowest BCUT2D eigenvalue weighted by Gasteiger charge is -2.27. The molecule has 0 spiro atoms. The van der Waals surface area contributed by atoms with E-state index in [1.807, 2.05) is 0 Å². The van der Waals surface area contributed by atoms with Crippen LogP contribution in [0.1, 0.15) is 0 Å². The lowest BCUT2D eigenvalue weighted by atomic mass is 9.95. The van der Waals surface area contributed by atoms with Crippen LogP contribution in [0.3, 0.4) is 0 Å². The maximum absolute atomic E-state index is 2.39. The molecule has 0 aliphatic heterocycles. The first-order chi connectivity index (χ1) is 25.8. The van der Waals surface area contributed by atoms with Gasteiger partial charge in [0.15, 0.2) is 0 Å². The minimum atomic E-state index is 1.11. The molecule has 8 aromatic carbocycles. The molecule has 0 amide bonds. The number of hydrogen-bond donors (Lipinski definition) is 0. The van der Waals surface area contributed by atoms with Crippen molar-refractivity contribution in [1.82, 2.24) is 4.40 Å². The van der Waals surface area contributed by atoms with Gasteiger partial charge in [-0.1, -0.05) is 146 Å². The summed E-state index contributed by atoms with van der Waals surface area (Å²) < 4.78 is 2.33.